The maximum atomic E-state index is 13.1. The van der Waals surface area contributed by atoms with Crippen LogP contribution < -0.4 is 20.7 Å². The molecule has 0 unspecified atom stereocenters. The number of hydrogen-bond acceptors (Lipinski definition) is 9. The van der Waals surface area contributed by atoms with E-state index in [1.807, 2.05) is 19.1 Å². The largest absolute Gasteiger partial charge is 0.484 e. The van der Waals surface area contributed by atoms with Crippen LogP contribution in [0.4, 0.5) is 11.4 Å². The van der Waals surface area contributed by atoms with E-state index in [9.17, 15) is 15.0 Å². The smallest absolute Gasteiger partial charge is 0.261 e. The highest BCUT2D eigenvalue weighted by atomic mass is 16.5. The Balaban J connectivity index is 1.63. The zero-order valence-corrected chi connectivity index (χ0v) is 18.7. The van der Waals surface area contributed by atoms with Gasteiger partial charge in [-0.15, -0.1) is 0 Å². The first-order chi connectivity index (χ1) is 16.0. The van der Waals surface area contributed by atoms with Gasteiger partial charge in [0, 0.05) is 69.4 Å². The van der Waals surface area contributed by atoms with Gasteiger partial charge in [0.2, 0.25) is 0 Å². The predicted molar refractivity (Wildman–Crippen MR) is 125 cm³/mol. The molecule has 5 N–H and O–H groups in total. The van der Waals surface area contributed by atoms with Crippen molar-refractivity contribution < 1.29 is 19.7 Å². The van der Waals surface area contributed by atoms with E-state index < -0.39 is 11.5 Å². The van der Waals surface area contributed by atoms with Gasteiger partial charge in [-0.25, -0.2) is 9.97 Å². The number of aliphatic hydroxyl groups excluding tert-OH is 2. The fraction of sp³-hybridized carbons (Fsp3) is 0.435. The van der Waals surface area contributed by atoms with Crippen LogP contribution in [0.3, 0.4) is 0 Å². The van der Waals surface area contributed by atoms with Gasteiger partial charge in [-0.05, 0) is 19.1 Å². The van der Waals surface area contributed by atoms with Gasteiger partial charge in [0.1, 0.15) is 11.4 Å². The second-order valence-electron chi connectivity index (χ2n) is 8.52. The summed E-state index contributed by atoms with van der Waals surface area (Å²) in [5.74, 6) is 0.542. The molecule has 33 heavy (non-hydrogen) atoms. The first-order valence-corrected chi connectivity index (χ1v) is 11.0. The highest BCUT2D eigenvalue weighted by molar-refractivity contribution is 6.24. The van der Waals surface area contributed by atoms with E-state index in [0.29, 0.717) is 24.4 Å². The number of anilines is 2. The van der Waals surface area contributed by atoms with Crippen molar-refractivity contribution in [1.82, 2.24) is 14.9 Å². The minimum Gasteiger partial charge on any atom is -0.484 e. The SMILES string of the molecule is C[C@@]1(CO)Cc2cc(NC(=O)C(=CN)c3ncccn3)c(N3CCN(CCO)CC3)cc2O1. The molecule has 0 saturated carbocycles. The number of nitrogens with zero attached hydrogens (tertiary/aromatic N) is 4. The maximum Gasteiger partial charge on any atom is 0.261 e. The second kappa shape index (κ2) is 9.74. The number of piperazine rings is 1. The number of rotatable bonds is 7. The molecule has 1 fully saturated rings. The van der Waals surface area contributed by atoms with E-state index in [0.717, 1.165) is 37.4 Å². The van der Waals surface area contributed by atoms with Crippen LogP contribution in [0, 0.1) is 0 Å². The van der Waals surface area contributed by atoms with Crippen LogP contribution in [0.25, 0.3) is 5.57 Å². The first-order valence-electron chi connectivity index (χ1n) is 11.0. The fourth-order valence-electron chi connectivity index (χ4n) is 4.23. The number of carbonyl (C=O) groups excluding carboxylic acids is 1. The number of hydrogen-bond donors (Lipinski definition) is 4. The number of nitrogens with one attached hydrogen (secondary N) is 1. The molecule has 2 aliphatic heterocycles. The third kappa shape index (κ3) is 4.92. The van der Waals surface area contributed by atoms with Crippen molar-refractivity contribution in [2.24, 2.45) is 5.73 Å². The lowest BCUT2D eigenvalue weighted by atomic mass is 9.99. The molecule has 2 aliphatic rings. The lowest BCUT2D eigenvalue weighted by Crippen LogP contribution is -2.47. The first kappa shape index (κ1) is 23.0. The van der Waals surface area contributed by atoms with Crippen LogP contribution in [0.15, 0.2) is 36.8 Å². The summed E-state index contributed by atoms with van der Waals surface area (Å²) in [5.41, 5.74) is 7.60. The number of amides is 1. The summed E-state index contributed by atoms with van der Waals surface area (Å²) in [7, 11) is 0. The second-order valence-corrected chi connectivity index (χ2v) is 8.52. The molecule has 1 aromatic carbocycles. The number of β-amino-alcohol motifs (C(OH)–C–C–N with tert-alkyl or cyclic N) is 1. The van der Waals surface area contributed by atoms with Gasteiger partial charge in [0.15, 0.2) is 5.82 Å². The lowest BCUT2D eigenvalue weighted by Gasteiger charge is -2.36. The molecule has 10 heteroatoms. The number of aromatic nitrogens is 2. The maximum absolute atomic E-state index is 13.1. The lowest BCUT2D eigenvalue weighted by molar-refractivity contribution is -0.111. The Morgan fingerprint density at radius 3 is 2.61 bits per heavy atom. The van der Waals surface area contributed by atoms with Gasteiger partial charge in [-0.1, -0.05) is 0 Å². The number of nitrogens with two attached hydrogens (primary N) is 1. The van der Waals surface area contributed by atoms with E-state index in [1.54, 1.807) is 18.5 Å². The van der Waals surface area contributed by atoms with Crippen LogP contribution >= 0.6 is 0 Å². The standard InChI is InChI=1S/C23H30N6O4/c1-23(15-31)13-16-11-18(27-22(32)17(14-24)21-25-3-2-4-26-21)19(12-20(16)33-23)29-7-5-28(6-8-29)9-10-30/h2-4,11-12,14,30-31H,5-10,13,15,24H2,1H3,(H,27,32)/t23-/m0/s1. The van der Waals surface area contributed by atoms with Gasteiger partial charge in [0.05, 0.1) is 30.2 Å². The van der Waals surface area contributed by atoms with Crippen molar-refractivity contribution in [2.75, 3.05) is 56.2 Å². The monoisotopic (exact) mass is 454 g/mol. The van der Waals surface area contributed by atoms with Gasteiger partial charge in [0.25, 0.3) is 5.91 Å². The quantitative estimate of drug-likeness (QED) is 0.433. The van der Waals surface area contributed by atoms with E-state index in [2.05, 4.69) is 25.1 Å². The zero-order valence-electron chi connectivity index (χ0n) is 18.7. The molecule has 176 valence electrons. The summed E-state index contributed by atoms with van der Waals surface area (Å²) in [6.45, 7) is 5.59. The molecule has 0 bridgehead atoms. The minimum atomic E-state index is -0.692. The van der Waals surface area contributed by atoms with Crippen LogP contribution in [0.2, 0.25) is 0 Å². The van der Waals surface area contributed by atoms with E-state index in [4.69, 9.17) is 10.5 Å². The van der Waals surface area contributed by atoms with Crippen molar-refractivity contribution >= 4 is 22.9 Å². The molecule has 3 heterocycles. The van der Waals surface area contributed by atoms with Gasteiger partial charge < -0.3 is 30.9 Å². The Hall–Kier alpha value is -3.21. The summed E-state index contributed by atoms with van der Waals surface area (Å²) in [4.78, 5) is 25.8. The normalized spacial score (nSPS) is 20.9. The fourth-order valence-corrected chi connectivity index (χ4v) is 4.23. The van der Waals surface area contributed by atoms with Crippen molar-refractivity contribution in [1.29, 1.82) is 0 Å². The Morgan fingerprint density at radius 1 is 1.24 bits per heavy atom. The molecule has 1 saturated heterocycles. The molecular weight excluding hydrogens is 424 g/mol. The Morgan fingerprint density at radius 2 is 1.97 bits per heavy atom. The van der Waals surface area contributed by atoms with Crippen LogP contribution in [-0.4, -0.2) is 82.5 Å². The number of fused-ring (bicyclic) bond motifs is 1. The summed E-state index contributed by atoms with van der Waals surface area (Å²) < 4.78 is 6.05. The van der Waals surface area contributed by atoms with E-state index >= 15 is 0 Å². The summed E-state index contributed by atoms with van der Waals surface area (Å²) in [5, 5.41) is 22.0. The summed E-state index contributed by atoms with van der Waals surface area (Å²) in [6.07, 6.45) is 4.85. The molecular formula is C23H30N6O4. The highest BCUT2D eigenvalue weighted by Crippen LogP contribution is 2.42. The van der Waals surface area contributed by atoms with Crippen molar-refractivity contribution in [3.8, 4) is 5.75 Å². The number of ether oxygens (including phenoxy) is 1. The molecule has 2 aromatic rings. The van der Waals surface area contributed by atoms with Crippen LogP contribution in [0.1, 0.15) is 18.3 Å². The summed E-state index contributed by atoms with van der Waals surface area (Å²) >= 11 is 0. The highest BCUT2D eigenvalue weighted by Gasteiger charge is 2.36. The average Bonchev–Trinajstić information content (AvgIpc) is 3.16. The van der Waals surface area contributed by atoms with Gasteiger partial charge in [-0.3, -0.25) is 9.69 Å². The topological polar surface area (TPSA) is 137 Å². The molecule has 1 aromatic heterocycles. The predicted octanol–water partition coefficient (Wildman–Crippen LogP) is 0.215. The van der Waals surface area contributed by atoms with Crippen molar-refractivity contribution in [3.63, 3.8) is 0 Å². The molecule has 4 rings (SSSR count). The average molecular weight is 455 g/mol. The van der Waals surface area contributed by atoms with Crippen LogP contribution in [-0.2, 0) is 11.2 Å². The molecule has 1 atom stereocenters. The van der Waals surface area contributed by atoms with Crippen molar-refractivity contribution in [2.45, 2.75) is 18.9 Å². The van der Waals surface area contributed by atoms with Gasteiger partial charge >= 0.3 is 0 Å². The minimum absolute atomic E-state index is 0.107. The molecule has 1 amide bonds. The number of aliphatic hydroxyl groups is 2. The third-order valence-electron chi connectivity index (χ3n) is 6.03. The molecule has 10 nitrogen and oxygen atoms in total. The number of carbonyl (C=O) groups is 1. The molecule has 0 spiro atoms. The Bertz CT molecular complexity index is 1020. The zero-order chi connectivity index (χ0) is 23.4. The van der Waals surface area contributed by atoms with Crippen LogP contribution in [0.5, 0.6) is 5.75 Å². The van der Waals surface area contributed by atoms with E-state index in [1.165, 1.54) is 6.20 Å². The molecule has 0 aliphatic carbocycles. The molecule has 0 radical (unpaired) electrons. The third-order valence-corrected chi connectivity index (χ3v) is 6.03. The van der Waals surface area contributed by atoms with E-state index in [-0.39, 0.29) is 24.6 Å². The Kier molecular flexibility index (Phi) is 6.77. The van der Waals surface area contributed by atoms with Gasteiger partial charge in [-0.2, -0.15) is 0 Å². The Labute approximate surface area is 192 Å². The number of benzene rings is 1. The summed E-state index contributed by atoms with van der Waals surface area (Å²) in [6, 6.07) is 5.50. The van der Waals surface area contributed by atoms with Crippen molar-refractivity contribution in [3.05, 3.63) is 48.2 Å².